The Kier molecular flexibility index (Phi) is 4.10. The molecule has 2 N–H and O–H groups in total. The Morgan fingerprint density at radius 3 is 2.43 bits per heavy atom. The summed E-state index contributed by atoms with van der Waals surface area (Å²) in [5.74, 6) is -1.25. The molecule has 23 heavy (non-hydrogen) atoms. The highest BCUT2D eigenvalue weighted by Gasteiger charge is 2.20. The first-order chi connectivity index (χ1) is 11.1. The number of carboxylic acids is 1. The Morgan fingerprint density at radius 1 is 1.04 bits per heavy atom. The SMILES string of the molecule is O=C(O)CC(NC(=O)c1cc2ccccc2o1)c1ccccc1. The number of carbonyl (C=O) groups is 2. The molecule has 116 valence electrons. The minimum absolute atomic E-state index is 0.164. The van der Waals surface area contributed by atoms with Crippen molar-refractivity contribution < 1.29 is 19.1 Å². The number of furan rings is 1. The molecule has 5 heteroatoms. The summed E-state index contributed by atoms with van der Waals surface area (Å²) >= 11 is 0. The van der Waals surface area contributed by atoms with Gasteiger partial charge in [-0.05, 0) is 17.7 Å². The van der Waals surface area contributed by atoms with E-state index in [1.807, 2.05) is 24.3 Å². The number of amides is 1. The average molecular weight is 309 g/mol. The molecule has 0 fully saturated rings. The van der Waals surface area contributed by atoms with Crippen LogP contribution in [0.1, 0.15) is 28.6 Å². The summed E-state index contributed by atoms with van der Waals surface area (Å²) < 4.78 is 5.51. The zero-order chi connectivity index (χ0) is 16.2. The van der Waals surface area contributed by atoms with Gasteiger partial charge < -0.3 is 14.8 Å². The second-order valence-electron chi connectivity index (χ2n) is 5.18. The zero-order valence-corrected chi connectivity index (χ0v) is 12.2. The van der Waals surface area contributed by atoms with Gasteiger partial charge in [-0.25, -0.2) is 0 Å². The quantitative estimate of drug-likeness (QED) is 0.757. The van der Waals surface area contributed by atoms with E-state index >= 15 is 0 Å². The summed E-state index contributed by atoms with van der Waals surface area (Å²) in [6.07, 6.45) is -0.198. The maximum Gasteiger partial charge on any atom is 0.305 e. The lowest BCUT2D eigenvalue weighted by Gasteiger charge is -2.16. The molecule has 2 aromatic carbocycles. The molecule has 1 amide bonds. The molecule has 0 aliphatic heterocycles. The maximum absolute atomic E-state index is 12.4. The predicted octanol–water partition coefficient (Wildman–Crippen LogP) is 3.38. The molecule has 1 unspecified atom stereocenters. The largest absolute Gasteiger partial charge is 0.481 e. The maximum atomic E-state index is 12.4. The van der Waals surface area contributed by atoms with Crippen molar-refractivity contribution in [3.63, 3.8) is 0 Å². The Labute approximate surface area is 132 Å². The van der Waals surface area contributed by atoms with Gasteiger partial charge in [0.05, 0.1) is 12.5 Å². The minimum atomic E-state index is -0.983. The molecule has 0 saturated carbocycles. The third kappa shape index (κ3) is 3.40. The van der Waals surface area contributed by atoms with Crippen LogP contribution in [0.5, 0.6) is 0 Å². The van der Waals surface area contributed by atoms with Crippen molar-refractivity contribution in [2.24, 2.45) is 0 Å². The summed E-state index contributed by atoms with van der Waals surface area (Å²) in [6.45, 7) is 0. The van der Waals surface area contributed by atoms with Crippen molar-refractivity contribution in [2.75, 3.05) is 0 Å². The molecule has 3 aromatic rings. The van der Waals surface area contributed by atoms with E-state index in [4.69, 9.17) is 9.52 Å². The molecule has 0 spiro atoms. The van der Waals surface area contributed by atoms with Crippen molar-refractivity contribution in [2.45, 2.75) is 12.5 Å². The molecule has 1 heterocycles. The van der Waals surface area contributed by atoms with E-state index in [1.165, 1.54) is 0 Å². The molecular formula is C18H15NO4. The lowest BCUT2D eigenvalue weighted by Crippen LogP contribution is -2.29. The van der Waals surface area contributed by atoms with Crippen LogP contribution in [0.15, 0.2) is 65.1 Å². The first-order valence-corrected chi connectivity index (χ1v) is 7.19. The number of carbonyl (C=O) groups excluding carboxylic acids is 1. The lowest BCUT2D eigenvalue weighted by molar-refractivity contribution is -0.137. The van der Waals surface area contributed by atoms with Gasteiger partial charge in [0.1, 0.15) is 5.58 Å². The number of carboxylic acid groups (broad SMARTS) is 1. The number of fused-ring (bicyclic) bond motifs is 1. The van der Waals surface area contributed by atoms with Crippen molar-refractivity contribution in [1.29, 1.82) is 0 Å². The van der Waals surface area contributed by atoms with Gasteiger partial charge in [-0.1, -0.05) is 48.5 Å². The molecule has 0 saturated heterocycles. The van der Waals surface area contributed by atoms with Crippen LogP contribution in [-0.2, 0) is 4.79 Å². The van der Waals surface area contributed by atoms with E-state index in [9.17, 15) is 9.59 Å². The fraction of sp³-hybridized carbons (Fsp3) is 0.111. The van der Waals surface area contributed by atoms with Crippen LogP contribution in [0.4, 0.5) is 0 Å². The Morgan fingerprint density at radius 2 is 1.74 bits per heavy atom. The van der Waals surface area contributed by atoms with Gasteiger partial charge in [0, 0.05) is 5.39 Å². The Bertz CT molecular complexity index is 805. The fourth-order valence-corrected chi connectivity index (χ4v) is 2.44. The van der Waals surface area contributed by atoms with Crippen LogP contribution in [0.25, 0.3) is 11.0 Å². The summed E-state index contributed by atoms with van der Waals surface area (Å²) in [5, 5.41) is 12.6. The topological polar surface area (TPSA) is 79.5 Å². The molecule has 0 aliphatic carbocycles. The molecule has 1 atom stereocenters. The number of hydrogen-bond acceptors (Lipinski definition) is 3. The molecule has 1 aromatic heterocycles. The van der Waals surface area contributed by atoms with E-state index in [0.717, 1.165) is 10.9 Å². The molecule has 0 aliphatic rings. The zero-order valence-electron chi connectivity index (χ0n) is 12.2. The van der Waals surface area contributed by atoms with Crippen LogP contribution in [0.2, 0.25) is 0 Å². The lowest BCUT2D eigenvalue weighted by atomic mass is 10.0. The van der Waals surface area contributed by atoms with Crippen LogP contribution in [0, 0.1) is 0 Å². The van der Waals surface area contributed by atoms with Crippen LogP contribution in [0.3, 0.4) is 0 Å². The second-order valence-corrected chi connectivity index (χ2v) is 5.18. The third-order valence-corrected chi connectivity index (χ3v) is 3.54. The van der Waals surface area contributed by atoms with Crippen molar-refractivity contribution in [3.05, 3.63) is 72.0 Å². The number of rotatable bonds is 5. The Balaban J connectivity index is 1.84. The average Bonchev–Trinajstić information content (AvgIpc) is 2.99. The van der Waals surface area contributed by atoms with Crippen LogP contribution in [-0.4, -0.2) is 17.0 Å². The van der Waals surface area contributed by atoms with Gasteiger partial charge in [-0.2, -0.15) is 0 Å². The number of para-hydroxylation sites is 1. The van der Waals surface area contributed by atoms with E-state index in [-0.39, 0.29) is 12.2 Å². The highest BCUT2D eigenvalue weighted by Crippen LogP contribution is 2.21. The van der Waals surface area contributed by atoms with E-state index in [0.29, 0.717) is 5.58 Å². The standard InChI is InChI=1S/C18H15NO4/c20-17(21)11-14(12-6-2-1-3-7-12)19-18(22)16-10-13-8-4-5-9-15(13)23-16/h1-10,14H,11H2,(H,19,22)(H,20,21). The number of nitrogens with one attached hydrogen (secondary N) is 1. The van der Waals surface area contributed by atoms with E-state index in [2.05, 4.69) is 5.32 Å². The van der Waals surface area contributed by atoms with Gasteiger partial charge in [0.2, 0.25) is 0 Å². The first-order valence-electron chi connectivity index (χ1n) is 7.19. The first kappa shape index (κ1) is 14.8. The highest BCUT2D eigenvalue weighted by atomic mass is 16.4. The molecular weight excluding hydrogens is 294 g/mol. The monoisotopic (exact) mass is 309 g/mol. The van der Waals surface area contributed by atoms with Gasteiger partial charge in [0.25, 0.3) is 5.91 Å². The van der Waals surface area contributed by atoms with Crippen molar-refractivity contribution in [3.8, 4) is 0 Å². The van der Waals surface area contributed by atoms with Crippen LogP contribution >= 0.6 is 0 Å². The molecule has 0 bridgehead atoms. The molecule has 5 nitrogen and oxygen atoms in total. The normalized spacial score (nSPS) is 12.0. The van der Waals surface area contributed by atoms with Gasteiger partial charge in [-0.3, -0.25) is 9.59 Å². The van der Waals surface area contributed by atoms with Crippen LogP contribution < -0.4 is 5.32 Å². The van der Waals surface area contributed by atoms with Gasteiger partial charge in [0.15, 0.2) is 5.76 Å². The summed E-state index contributed by atoms with van der Waals surface area (Å²) in [4.78, 5) is 23.4. The highest BCUT2D eigenvalue weighted by molar-refractivity contribution is 5.96. The third-order valence-electron chi connectivity index (χ3n) is 3.54. The van der Waals surface area contributed by atoms with Crippen molar-refractivity contribution >= 4 is 22.8 Å². The second kappa shape index (κ2) is 6.36. The molecule has 3 rings (SSSR count). The summed E-state index contributed by atoms with van der Waals surface area (Å²) in [5.41, 5.74) is 1.35. The fourth-order valence-electron chi connectivity index (χ4n) is 2.44. The molecule has 0 radical (unpaired) electrons. The minimum Gasteiger partial charge on any atom is -0.481 e. The van der Waals surface area contributed by atoms with Crippen molar-refractivity contribution in [1.82, 2.24) is 5.32 Å². The predicted molar refractivity (Wildman–Crippen MR) is 85.1 cm³/mol. The summed E-state index contributed by atoms with van der Waals surface area (Å²) in [6, 6.07) is 17.3. The number of aliphatic carboxylic acids is 1. The van der Waals surface area contributed by atoms with Gasteiger partial charge in [-0.15, -0.1) is 0 Å². The summed E-state index contributed by atoms with van der Waals surface area (Å²) in [7, 11) is 0. The number of hydrogen-bond donors (Lipinski definition) is 2. The Hall–Kier alpha value is -3.08. The van der Waals surface area contributed by atoms with E-state index in [1.54, 1.807) is 36.4 Å². The van der Waals surface area contributed by atoms with E-state index < -0.39 is 17.9 Å². The smallest absolute Gasteiger partial charge is 0.305 e. The van der Waals surface area contributed by atoms with Gasteiger partial charge >= 0.3 is 5.97 Å². The number of benzene rings is 2.